The van der Waals surface area contributed by atoms with Crippen LogP contribution >= 0.6 is 0 Å². The molecule has 2 aromatic carbocycles. The molecule has 3 heterocycles. The number of morpholine rings is 1. The van der Waals surface area contributed by atoms with Crippen molar-refractivity contribution < 1.29 is 19.0 Å². The molecule has 6 nitrogen and oxygen atoms in total. The van der Waals surface area contributed by atoms with Crippen LogP contribution in [0.4, 0.5) is 0 Å². The zero-order valence-corrected chi connectivity index (χ0v) is 17.2. The van der Waals surface area contributed by atoms with Crippen LogP contribution in [0.15, 0.2) is 48.5 Å². The summed E-state index contributed by atoms with van der Waals surface area (Å²) in [7, 11) is 0. The molecule has 0 unspecified atom stereocenters. The summed E-state index contributed by atoms with van der Waals surface area (Å²) < 4.78 is 17.0. The highest BCUT2D eigenvalue weighted by atomic mass is 16.6. The van der Waals surface area contributed by atoms with Gasteiger partial charge in [0, 0.05) is 19.1 Å². The third-order valence-electron chi connectivity index (χ3n) is 6.25. The predicted octanol–water partition coefficient (Wildman–Crippen LogP) is 3.19. The summed E-state index contributed by atoms with van der Waals surface area (Å²) in [6, 6.07) is 16.3. The van der Waals surface area contributed by atoms with Gasteiger partial charge in [-0.1, -0.05) is 36.4 Å². The van der Waals surface area contributed by atoms with E-state index < -0.39 is 0 Å². The van der Waals surface area contributed by atoms with E-state index in [1.165, 1.54) is 5.56 Å². The van der Waals surface area contributed by atoms with Gasteiger partial charge >= 0.3 is 0 Å². The van der Waals surface area contributed by atoms with Crippen molar-refractivity contribution >= 4 is 5.91 Å². The van der Waals surface area contributed by atoms with Crippen LogP contribution in [0.2, 0.25) is 0 Å². The molecule has 0 bridgehead atoms. The summed E-state index contributed by atoms with van der Waals surface area (Å²) in [5.74, 6) is 1.79. The molecule has 0 spiro atoms. The molecule has 5 rings (SSSR count). The molecule has 1 amide bonds. The van der Waals surface area contributed by atoms with Gasteiger partial charge in [0.2, 0.25) is 5.91 Å². The molecule has 2 fully saturated rings. The normalized spacial score (nSPS) is 22.7. The Morgan fingerprint density at radius 2 is 1.67 bits per heavy atom. The Kier molecular flexibility index (Phi) is 5.60. The molecular weight excluding hydrogens is 380 g/mol. The summed E-state index contributed by atoms with van der Waals surface area (Å²) in [6.45, 7) is 4.60. The Hall–Kier alpha value is -2.57. The summed E-state index contributed by atoms with van der Waals surface area (Å²) in [6.07, 6.45) is 2.10. The highest BCUT2D eigenvalue weighted by Gasteiger charge is 2.39. The molecule has 2 saturated heterocycles. The van der Waals surface area contributed by atoms with Crippen LogP contribution in [0.3, 0.4) is 0 Å². The number of fused-ring (bicyclic) bond motifs is 1. The highest BCUT2D eigenvalue weighted by Crippen LogP contribution is 2.42. The highest BCUT2D eigenvalue weighted by molar-refractivity contribution is 5.83. The molecule has 0 radical (unpaired) electrons. The Labute approximate surface area is 177 Å². The Morgan fingerprint density at radius 3 is 2.47 bits per heavy atom. The molecule has 0 aromatic heterocycles. The van der Waals surface area contributed by atoms with Crippen LogP contribution in [-0.4, -0.2) is 61.8 Å². The quantitative estimate of drug-likeness (QED) is 0.778. The second-order valence-corrected chi connectivity index (χ2v) is 8.05. The van der Waals surface area contributed by atoms with Gasteiger partial charge in [-0.2, -0.15) is 0 Å². The number of carbonyl (C=O) groups is 1. The molecule has 3 aliphatic heterocycles. The van der Waals surface area contributed by atoms with Crippen molar-refractivity contribution in [1.29, 1.82) is 0 Å². The van der Waals surface area contributed by atoms with E-state index in [0.717, 1.165) is 36.4 Å². The van der Waals surface area contributed by atoms with Gasteiger partial charge in [-0.3, -0.25) is 9.69 Å². The first-order chi connectivity index (χ1) is 14.8. The van der Waals surface area contributed by atoms with Gasteiger partial charge in [0.05, 0.1) is 13.2 Å². The fraction of sp³-hybridized carbons (Fsp3) is 0.458. The van der Waals surface area contributed by atoms with Crippen LogP contribution in [-0.2, 0) is 9.53 Å². The Balaban J connectivity index is 1.47. The molecule has 158 valence electrons. The molecule has 3 aliphatic rings. The lowest BCUT2D eigenvalue weighted by Gasteiger charge is -2.37. The minimum atomic E-state index is -0.287. The SMILES string of the molecule is O=C([C@@H](c1ccccc1)N1CCC[C@H]1c1ccc2c(c1)OCCO2)N1CCOCC1. The van der Waals surface area contributed by atoms with Crippen LogP contribution in [0.1, 0.15) is 36.1 Å². The second-order valence-electron chi connectivity index (χ2n) is 8.05. The Morgan fingerprint density at radius 1 is 0.900 bits per heavy atom. The molecule has 2 aromatic rings. The van der Waals surface area contributed by atoms with E-state index in [9.17, 15) is 4.79 Å². The summed E-state index contributed by atoms with van der Waals surface area (Å²) in [5, 5.41) is 0. The predicted molar refractivity (Wildman–Crippen MR) is 113 cm³/mol. The first-order valence-electron chi connectivity index (χ1n) is 10.9. The lowest BCUT2D eigenvalue weighted by atomic mass is 9.98. The molecule has 0 N–H and O–H groups in total. The average Bonchev–Trinajstić information content (AvgIpc) is 3.29. The maximum Gasteiger partial charge on any atom is 0.244 e. The average molecular weight is 408 g/mol. The summed E-state index contributed by atoms with van der Waals surface area (Å²) in [4.78, 5) is 18.0. The largest absolute Gasteiger partial charge is 0.486 e. The lowest BCUT2D eigenvalue weighted by Crippen LogP contribution is -2.47. The molecule has 2 atom stereocenters. The van der Waals surface area contributed by atoms with Gasteiger partial charge in [-0.25, -0.2) is 0 Å². The van der Waals surface area contributed by atoms with E-state index in [0.29, 0.717) is 39.5 Å². The van der Waals surface area contributed by atoms with Gasteiger partial charge in [-0.05, 0) is 42.6 Å². The van der Waals surface area contributed by atoms with Crippen molar-refractivity contribution in [3.8, 4) is 11.5 Å². The van der Waals surface area contributed by atoms with E-state index in [1.54, 1.807) is 0 Å². The number of nitrogens with zero attached hydrogens (tertiary/aromatic N) is 2. The van der Waals surface area contributed by atoms with E-state index >= 15 is 0 Å². The number of hydrogen-bond donors (Lipinski definition) is 0. The van der Waals surface area contributed by atoms with Crippen molar-refractivity contribution in [1.82, 2.24) is 9.80 Å². The van der Waals surface area contributed by atoms with Crippen LogP contribution in [0.5, 0.6) is 11.5 Å². The van der Waals surface area contributed by atoms with Gasteiger partial charge < -0.3 is 19.1 Å². The molecule has 0 saturated carbocycles. The van der Waals surface area contributed by atoms with Gasteiger partial charge in [0.25, 0.3) is 0 Å². The Bertz CT molecular complexity index is 882. The van der Waals surface area contributed by atoms with Crippen LogP contribution < -0.4 is 9.47 Å². The van der Waals surface area contributed by atoms with E-state index in [1.807, 2.05) is 29.2 Å². The van der Waals surface area contributed by atoms with Gasteiger partial charge in [-0.15, -0.1) is 0 Å². The summed E-state index contributed by atoms with van der Waals surface area (Å²) >= 11 is 0. The first kappa shape index (κ1) is 19.4. The number of rotatable bonds is 4. The standard InChI is InChI=1S/C24H28N2O4/c27-24(25-11-13-28-14-12-25)23(18-5-2-1-3-6-18)26-10-4-7-20(26)19-8-9-21-22(17-19)30-16-15-29-21/h1-3,5-6,8-9,17,20,23H,4,7,10-16H2/t20-,23+/m0/s1. The number of ether oxygens (including phenoxy) is 3. The van der Waals surface area contributed by atoms with E-state index in [4.69, 9.17) is 14.2 Å². The van der Waals surface area contributed by atoms with E-state index in [-0.39, 0.29) is 18.0 Å². The maximum atomic E-state index is 13.7. The lowest BCUT2D eigenvalue weighted by molar-refractivity contribution is -0.142. The number of hydrogen-bond acceptors (Lipinski definition) is 5. The third-order valence-corrected chi connectivity index (χ3v) is 6.25. The number of likely N-dealkylation sites (tertiary alicyclic amines) is 1. The topological polar surface area (TPSA) is 51.2 Å². The fourth-order valence-electron chi connectivity index (χ4n) is 4.79. The second kappa shape index (κ2) is 8.66. The number of amides is 1. The maximum absolute atomic E-state index is 13.7. The van der Waals surface area contributed by atoms with Crippen molar-refractivity contribution in [3.05, 3.63) is 59.7 Å². The minimum absolute atomic E-state index is 0.175. The van der Waals surface area contributed by atoms with Crippen molar-refractivity contribution in [2.75, 3.05) is 46.1 Å². The van der Waals surface area contributed by atoms with Crippen LogP contribution in [0.25, 0.3) is 0 Å². The van der Waals surface area contributed by atoms with Crippen molar-refractivity contribution in [2.45, 2.75) is 24.9 Å². The fourth-order valence-corrected chi connectivity index (χ4v) is 4.79. The van der Waals surface area contributed by atoms with Gasteiger partial charge in [0.1, 0.15) is 19.3 Å². The zero-order valence-electron chi connectivity index (χ0n) is 17.2. The number of carbonyl (C=O) groups excluding carboxylic acids is 1. The minimum Gasteiger partial charge on any atom is -0.486 e. The monoisotopic (exact) mass is 408 g/mol. The van der Waals surface area contributed by atoms with Crippen molar-refractivity contribution in [2.24, 2.45) is 0 Å². The van der Waals surface area contributed by atoms with Crippen LogP contribution in [0, 0.1) is 0 Å². The summed E-state index contributed by atoms with van der Waals surface area (Å²) in [5.41, 5.74) is 2.24. The first-order valence-corrected chi connectivity index (χ1v) is 10.9. The van der Waals surface area contributed by atoms with Gasteiger partial charge in [0.15, 0.2) is 11.5 Å². The molecule has 6 heteroatoms. The third kappa shape index (κ3) is 3.77. The molecule has 30 heavy (non-hydrogen) atoms. The molecule has 0 aliphatic carbocycles. The van der Waals surface area contributed by atoms with E-state index in [2.05, 4.69) is 29.2 Å². The smallest absolute Gasteiger partial charge is 0.244 e. The zero-order chi connectivity index (χ0) is 20.3. The van der Waals surface area contributed by atoms with Crippen molar-refractivity contribution in [3.63, 3.8) is 0 Å². The number of benzene rings is 2. The molecular formula is C24H28N2O4.